The molecule has 4 N–H and O–H groups in total. The van der Waals surface area contributed by atoms with Gasteiger partial charge in [-0.25, -0.2) is 4.79 Å². The molecule has 4 amide bonds. The molecule has 3 saturated heterocycles. The van der Waals surface area contributed by atoms with E-state index in [1.54, 1.807) is 0 Å². The maximum atomic E-state index is 12.3. The first-order valence-electron chi connectivity index (χ1n) is 8.53. The van der Waals surface area contributed by atoms with Gasteiger partial charge in [-0.05, 0) is 12.8 Å². The molecule has 0 aromatic heterocycles. The van der Waals surface area contributed by atoms with E-state index in [1.165, 1.54) is 0 Å². The molecular formula is C13H22N6O7S. The van der Waals surface area contributed by atoms with E-state index in [9.17, 15) is 22.8 Å². The molecule has 0 aromatic rings. The first-order valence-corrected chi connectivity index (χ1v) is 9.90. The molecule has 3 heterocycles. The van der Waals surface area contributed by atoms with Gasteiger partial charge in [0.25, 0.3) is 11.8 Å². The van der Waals surface area contributed by atoms with Gasteiger partial charge in [0.05, 0.1) is 12.6 Å². The predicted octanol–water partition coefficient (Wildman–Crippen LogP) is -2.96. The molecule has 14 heteroatoms. The average molecular weight is 406 g/mol. The number of carbonyl (C=O) groups is 3. The van der Waals surface area contributed by atoms with E-state index in [0.717, 1.165) is 31.1 Å². The van der Waals surface area contributed by atoms with Gasteiger partial charge in [-0.2, -0.15) is 13.5 Å². The smallest absolute Gasteiger partial charge is 0.314 e. The maximum absolute atomic E-state index is 12.3. The first kappa shape index (κ1) is 19.8. The van der Waals surface area contributed by atoms with Crippen molar-refractivity contribution in [2.24, 2.45) is 0 Å². The monoisotopic (exact) mass is 406 g/mol. The number of carbonyl (C=O) groups excluding carboxylic acids is 3. The summed E-state index contributed by atoms with van der Waals surface area (Å²) in [5, 5.41) is 3.73. The number of rotatable bonds is 5. The Balaban J connectivity index is 1.50. The maximum Gasteiger partial charge on any atom is 0.418 e. The summed E-state index contributed by atoms with van der Waals surface area (Å²) in [5.41, 5.74) is 4.64. The first-order chi connectivity index (χ1) is 12.7. The second-order valence-corrected chi connectivity index (χ2v) is 7.58. The SMILES string of the molecule is O=C(CN1CCNCC1)NNC(=O)C1CC[C@@H]2CN1C(=O)N2OS(=O)(=O)O. The van der Waals surface area contributed by atoms with E-state index in [4.69, 9.17) is 4.55 Å². The average Bonchev–Trinajstić information content (AvgIpc) is 2.84. The molecule has 3 aliphatic rings. The van der Waals surface area contributed by atoms with Crippen molar-refractivity contribution in [3.63, 3.8) is 0 Å². The van der Waals surface area contributed by atoms with Gasteiger partial charge in [0.15, 0.2) is 0 Å². The van der Waals surface area contributed by atoms with Crippen LogP contribution in [0.2, 0.25) is 0 Å². The van der Waals surface area contributed by atoms with Gasteiger partial charge in [0.1, 0.15) is 6.04 Å². The third-order valence-electron chi connectivity index (χ3n) is 4.70. The number of hydroxylamine groups is 2. The van der Waals surface area contributed by atoms with Crippen LogP contribution in [0, 0.1) is 0 Å². The van der Waals surface area contributed by atoms with Crippen molar-refractivity contribution in [1.29, 1.82) is 0 Å². The summed E-state index contributed by atoms with van der Waals surface area (Å²) in [7, 11) is -4.84. The van der Waals surface area contributed by atoms with Crippen LogP contribution in [-0.2, 0) is 24.3 Å². The van der Waals surface area contributed by atoms with Crippen LogP contribution >= 0.6 is 0 Å². The van der Waals surface area contributed by atoms with Gasteiger partial charge in [-0.1, -0.05) is 0 Å². The fraction of sp³-hybridized carbons (Fsp3) is 0.769. The Bertz CT molecular complexity index is 710. The molecule has 152 valence electrons. The van der Waals surface area contributed by atoms with Gasteiger partial charge in [0, 0.05) is 32.7 Å². The number of nitrogens with zero attached hydrogens (tertiary/aromatic N) is 3. The summed E-state index contributed by atoms with van der Waals surface area (Å²) in [6.45, 7) is 3.28. The molecule has 0 aromatic carbocycles. The third kappa shape index (κ3) is 4.84. The molecular weight excluding hydrogens is 384 g/mol. The number of nitrogens with one attached hydrogen (secondary N) is 3. The zero-order chi connectivity index (χ0) is 19.6. The minimum Gasteiger partial charge on any atom is -0.314 e. The lowest BCUT2D eigenvalue weighted by Gasteiger charge is -2.29. The molecule has 3 rings (SSSR count). The Morgan fingerprint density at radius 2 is 1.93 bits per heavy atom. The summed E-state index contributed by atoms with van der Waals surface area (Å²) in [4.78, 5) is 39.6. The van der Waals surface area contributed by atoms with E-state index in [-0.39, 0.29) is 25.4 Å². The second kappa shape index (κ2) is 7.93. The van der Waals surface area contributed by atoms with Crippen LogP contribution < -0.4 is 16.2 Å². The normalized spacial score (nSPS) is 26.2. The molecule has 2 atom stereocenters. The Labute approximate surface area is 155 Å². The van der Waals surface area contributed by atoms with E-state index in [1.807, 2.05) is 4.90 Å². The highest BCUT2D eigenvalue weighted by molar-refractivity contribution is 7.80. The summed E-state index contributed by atoms with van der Waals surface area (Å²) in [5.74, 6) is -0.952. The summed E-state index contributed by atoms with van der Waals surface area (Å²) in [6, 6.07) is -2.28. The summed E-state index contributed by atoms with van der Waals surface area (Å²) in [6.07, 6.45) is 0.575. The molecule has 0 spiro atoms. The highest BCUT2D eigenvalue weighted by atomic mass is 32.3. The Kier molecular flexibility index (Phi) is 5.81. The minimum atomic E-state index is -4.84. The highest BCUT2D eigenvalue weighted by Gasteiger charge is 2.49. The zero-order valence-electron chi connectivity index (χ0n) is 14.5. The lowest BCUT2D eigenvalue weighted by molar-refractivity contribution is -0.132. The molecule has 27 heavy (non-hydrogen) atoms. The van der Waals surface area contributed by atoms with Crippen molar-refractivity contribution in [2.75, 3.05) is 39.3 Å². The van der Waals surface area contributed by atoms with E-state index in [0.29, 0.717) is 11.5 Å². The van der Waals surface area contributed by atoms with Crippen LogP contribution in [0.1, 0.15) is 12.8 Å². The fourth-order valence-electron chi connectivity index (χ4n) is 3.43. The van der Waals surface area contributed by atoms with Gasteiger partial charge >= 0.3 is 16.4 Å². The predicted molar refractivity (Wildman–Crippen MR) is 89.0 cm³/mol. The number of amides is 4. The van der Waals surface area contributed by atoms with Crippen LogP contribution in [0.4, 0.5) is 4.79 Å². The van der Waals surface area contributed by atoms with Gasteiger partial charge < -0.3 is 10.2 Å². The molecule has 3 aliphatic heterocycles. The number of urea groups is 1. The highest BCUT2D eigenvalue weighted by Crippen LogP contribution is 2.30. The number of piperazine rings is 1. The Hall–Kier alpha value is -2.00. The molecule has 2 bridgehead atoms. The minimum absolute atomic E-state index is 0.0845. The molecule has 0 saturated carbocycles. The van der Waals surface area contributed by atoms with Gasteiger partial charge in [0.2, 0.25) is 0 Å². The number of fused-ring (bicyclic) bond motifs is 2. The number of piperidine rings is 1. The standard InChI is InChI=1S/C13H22N6O7S/c20-11(8-17-5-3-14-4-6-17)15-16-12(21)10-2-1-9-7-18(10)13(22)19(9)26-27(23,24)25/h9-10,14H,1-8H2,(H,15,20)(H,16,21)(H,23,24,25)/t9-,10?/m1/s1. The van der Waals surface area contributed by atoms with Gasteiger partial charge in [-0.3, -0.25) is 29.9 Å². The quantitative estimate of drug-likeness (QED) is 0.276. The van der Waals surface area contributed by atoms with Crippen LogP contribution in [-0.4, -0.2) is 97.0 Å². The van der Waals surface area contributed by atoms with E-state index < -0.39 is 34.4 Å². The van der Waals surface area contributed by atoms with Crippen molar-refractivity contribution < 1.29 is 31.6 Å². The number of hydrazine groups is 1. The molecule has 3 fully saturated rings. The summed E-state index contributed by atoms with van der Waals surface area (Å²) < 4.78 is 34.8. The van der Waals surface area contributed by atoms with Crippen LogP contribution in [0.25, 0.3) is 0 Å². The zero-order valence-corrected chi connectivity index (χ0v) is 15.3. The Morgan fingerprint density at radius 3 is 2.59 bits per heavy atom. The lowest BCUT2D eigenvalue weighted by atomic mass is 10.0. The van der Waals surface area contributed by atoms with Crippen molar-refractivity contribution in [1.82, 2.24) is 31.0 Å². The van der Waals surface area contributed by atoms with Crippen molar-refractivity contribution >= 4 is 28.2 Å². The van der Waals surface area contributed by atoms with Crippen LogP contribution in [0.5, 0.6) is 0 Å². The molecule has 1 unspecified atom stereocenters. The lowest BCUT2D eigenvalue weighted by Crippen LogP contribution is -2.56. The molecule has 13 nitrogen and oxygen atoms in total. The largest absolute Gasteiger partial charge is 0.418 e. The second-order valence-electron chi connectivity index (χ2n) is 6.57. The molecule has 0 radical (unpaired) electrons. The number of hydrogen-bond acceptors (Lipinski definition) is 8. The van der Waals surface area contributed by atoms with Gasteiger partial charge in [-0.15, -0.1) is 4.28 Å². The van der Waals surface area contributed by atoms with Crippen LogP contribution in [0.15, 0.2) is 0 Å². The van der Waals surface area contributed by atoms with E-state index in [2.05, 4.69) is 20.5 Å². The fourth-order valence-corrected chi connectivity index (χ4v) is 3.82. The topological polar surface area (TPSA) is 161 Å². The van der Waals surface area contributed by atoms with Crippen molar-refractivity contribution in [3.8, 4) is 0 Å². The summed E-state index contributed by atoms with van der Waals surface area (Å²) >= 11 is 0. The van der Waals surface area contributed by atoms with Crippen molar-refractivity contribution in [3.05, 3.63) is 0 Å². The third-order valence-corrected chi connectivity index (χ3v) is 5.05. The van der Waals surface area contributed by atoms with Crippen molar-refractivity contribution in [2.45, 2.75) is 24.9 Å². The molecule has 0 aliphatic carbocycles. The number of hydrogen-bond donors (Lipinski definition) is 4. The van der Waals surface area contributed by atoms with Crippen LogP contribution in [0.3, 0.4) is 0 Å². The Morgan fingerprint density at radius 1 is 1.22 bits per heavy atom. The van der Waals surface area contributed by atoms with E-state index >= 15 is 0 Å².